The number of carbonyl (C=O) groups is 1. The quantitative estimate of drug-likeness (QED) is 0.576. The van der Waals surface area contributed by atoms with Gasteiger partial charge in [-0.1, -0.05) is 0 Å². The van der Waals surface area contributed by atoms with Crippen LogP contribution in [0.25, 0.3) is 0 Å². The van der Waals surface area contributed by atoms with Crippen molar-refractivity contribution in [3.05, 3.63) is 0 Å². The zero-order valence-electron chi connectivity index (χ0n) is 8.80. The number of hydrogen-bond acceptors (Lipinski definition) is 3. The first-order valence-electron chi connectivity index (χ1n) is 4.58. The highest BCUT2D eigenvalue weighted by Gasteiger charge is 2.01. The fraction of sp³-hybridized carbons (Fsp3) is 0.889. The van der Waals surface area contributed by atoms with E-state index in [4.69, 9.17) is 4.74 Å². The third-order valence-electron chi connectivity index (χ3n) is 1.73. The number of ether oxygens (including phenoxy) is 1. The fourth-order valence-electron chi connectivity index (χ4n) is 0.887. The summed E-state index contributed by atoms with van der Waals surface area (Å²) in [6, 6.07) is 0. The molecule has 0 aromatic heterocycles. The van der Waals surface area contributed by atoms with E-state index in [0.717, 1.165) is 26.1 Å². The van der Waals surface area contributed by atoms with E-state index in [0.29, 0.717) is 6.42 Å². The Morgan fingerprint density at radius 2 is 2.08 bits per heavy atom. The van der Waals surface area contributed by atoms with E-state index in [1.54, 1.807) is 26.1 Å². The topological polar surface area (TPSA) is 41.6 Å². The number of rotatable bonds is 7. The molecule has 1 N–H and O–H groups in total. The summed E-state index contributed by atoms with van der Waals surface area (Å²) in [4.78, 5) is 12.7. The van der Waals surface area contributed by atoms with Gasteiger partial charge in [-0.25, -0.2) is 0 Å². The average molecular weight is 188 g/mol. The van der Waals surface area contributed by atoms with Gasteiger partial charge in [-0.05, 0) is 13.0 Å². The van der Waals surface area contributed by atoms with E-state index in [1.165, 1.54) is 0 Å². The van der Waals surface area contributed by atoms with Crippen molar-refractivity contribution >= 4 is 5.91 Å². The molecular weight excluding hydrogens is 168 g/mol. The molecule has 0 atom stereocenters. The van der Waals surface area contributed by atoms with Crippen molar-refractivity contribution in [2.24, 2.45) is 0 Å². The highest BCUT2D eigenvalue weighted by molar-refractivity contribution is 5.75. The first-order chi connectivity index (χ1) is 6.18. The molecule has 1 amide bonds. The van der Waals surface area contributed by atoms with Crippen LogP contribution >= 0.6 is 0 Å². The summed E-state index contributed by atoms with van der Waals surface area (Å²) < 4.78 is 4.87. The van der Waals surface area contributed by atoms with E-state index < -0.39 is 0 Å². The molecule has 0 aliphatic rings. The van der Waals surface area contributed by atoms with E-state index in [9.17, 15) is 4.79 Å². The Kier molecular flexibility index (Phi) is 7.63. The highest BCUT2D eigenvalue weighted by Crippen LogP contribution is 1.91. The average Bonchev–Trinajstić information content (AvgIpc) is 2.10. The molecule has 0 bridgehead atoms. The number of amides is 1. The second kappa shape index (κ2) is 8.01. The van der Waals surface area contributed by atoms with Crippen LogP contribution in [0.5, 0.6) is 0 Å². The summed E-state index contributed by atoms with van der Waals surface area (Å²) in [5, 5.41) is 3.18. The summed E-state index contributed by atoms with van der Waals surface area (Å²) in [5.74, 6) is 0.188. The lowest BCUT2D eigenvalue weighted by molar-refractivity contribution is -0.128. The molecule has 0 aliphatic carbocycles. The molecular formula is C9H20N2O2. The van der Waals surface area contributed by atoms with Gasteiger partial charge in [0.1, 0.15) is 0 Å². The molecule has 4 heteroatoms. The minimum Gasteiger partial charge on any atom is -0.383 e. The summed E-state index contributed by atoms with van der Waals surface area (Å²) in [7, 11) is 5.23. The Balaban J connectivity index is 3.12. The number of nitrogens with one attached hydrogen (secondary N) is 1. The fourth-order valence-corrected chi connectivity index (χ4v) is 0.887. The third kappa shape index (κ3) is 7.74. The van der Waals surface area contributed by atoms with Crippen molar-refractivity contribution in [1.29, 1.82) is 0 Å². The maximum absolute atomic E-state index is 11.1. The molecule has 78 valence electrons. The number of nitrogens with zero attached hydrogens (tertiary/aromatic N) is 1. The Bertz CT molecular complexity index is 138. The summed E-state index contributed by atoms with van der Waals surface area (Å²) in [6.45, 7) is 2.46. The van der Waals surface area contributed by atoms with Gasteiger partial charge in [-0.2, -0.15) is 0 Å². The lowest BCUT2D eigenvalue weighted by Crippen LogP contribution is -2.24. The number of methoxy groups -OCH3 is 1. The van der Waals surface area contributed by atoms with Crippen LogP contribution in [0, 0.1) is 0 Å². The van der Waals surface area contributed by atoms with Crippen molar-refractivity contribution in [1.82, 2.24) is 10.2 Å². The van der Waals surface area contributed by atoms with Crippen molar-refractivity contribution in [2.75, 3.05) is 40.9 Å². The molecule has 0 radical (unpaired) electrons. The summed E-state index contributed by atoms with van der Waals surface area (Å²) >= 11 is 0. The zero-order valence-corrected chi connectivity index (χ0v) is 8.80. The van der Waals surface area contributed by atoms with Crippen molar-refractivity contribution < 1.29 is 9.53 Å². The zero-order chi connectivity index (χ0) is 10.1. The SMILES string of the molecule is COCCNCCCC(=O)N(C)C. The molecule has 0 spiro atoms. The van der Waals surface area contributed by atoms with E-state index >= 15 is 0 Å². The molecule has 0 rings (SSSR count). The predicted octanol–water partition coefficient (Wildman–Crippen LogP) is 0.0908. The van der Waals surface area contributed by atoms with E-state index in [-0.39, 0.29) is 5.91 Å². The molecule has 0 saturated carbocycles. The van der Waals surface area contributed by atoms with Crippen molar-refractivity contribution in [3.63, 3.8) is 0 Å². The lowest BCUT2D eigenvalue weighted by Gasteiger charge is -2.09. The van der Waals surface area contributed by atoms with Crippen LogP contribution < -0.4 is 5.32 Å². The normalized spacial score (nSPS) is 10.1. The van der Waals surface area contributed by atoms with Gasteiger partial charge in [0.05, 0.1) is 6.61 Å². The lowest BCUT2D eigenvalue weighted by atomic mass is 10.3. The molecule has 0 heterocycles. The Morgan fingerprint density at radius 3 is 2.62 bits per heavy atom. The second-order valence-corrected chi connectivity index (χ2v) is 3.13. The minimum absolute atomic E-state index is 0.188. The van der Waals surface area contributed by atoms with Crippen LogP contribution in [0.3, 0.4) is 0 Å². The Labute approximate surface area is 80.2 Å². The van der Waals surface area contributed by atoms with Gasteiger partial charge in [-0.15, -0.1) is 0 Å². The van der Waals surface area contributed by atoms with Gasteiger partial charge >= 0.3 is 0 Å². The molecule has 4 nitrogen and oxygen atoms in total. The van der Waals surface area contributed by atoms with Crippen LogP contribution in [0.15, 0.2) is 0 Å². The van der Waals surface area contributed by atoms with Crippen LogP contribution in [0.2, 0.25) is 0 Å². The van der Waals surface area contributed by atoms with Crippen molar-refractivity contribution in [3.8, 4) is 0 Å². The Morgan fingerprint density at radius 1 is 1.38 bits per heavy atom. The maximum atomic E-state index is 11.1. The Hall–Kier alpha value is -0.610. The van der Waals surface area contributed by atoms with Crippen molar-refractivity contribution in [2.45, 2.75) is 12.8 Å². The van der Waals surface area contributed by atoms with Gasteiger partial charge in [0.15, 0.2) is 0 Å². The molecule has 0 aliphatic heterocycles. The first kappa shape index (κ1) is 12.4. The maximum Gasteiger partial charge on any atom is 0.222 e. The smallest absolute Gasteiger partial charge is 0.222 e. The van der Waals surface area contributed by atoms with E-state index in [1.807, 2.05) is 0 Å². The van der Waals surface area contributed by atoms with Gasteiger partial charge in [-0.3, -0.25) is 4.79 Å². The standard InChI is InChI=1S/C9H20N2O2/c1-11(2)9(12)5-4-6-10-7-8-13-3/h10H,4-8H2,1-3H3. The number of hydrogen-bond donors (Lipinski definition) is 1. The minimum atomic E-state index is 0.188. The monoisotopic (exact) mass is 188 g/mol. The van der Waals surface area contributed by atoms with Gasteiger partial charge in [0.25, 0.3) is 0 Å². The highest BCUT2D eigenvalue weighted by atomic mass is 16.5. The molecule has 0 saturated heterocycles. The van der Waals surface area contributed by atoms with E-state index in [2.05, 4.69) is 5.32 Å². The predicted molar refractivity (Wildman–Crippen MR) is 52.7 cm³/mol. The molecule has 13 heavy (non-hydrogen) atoms. The first-order valence-corrected chi connectivity index (χ1v) is 4.58. The summed E-state index contributed by atoms with van der Waals surface area (Å²) in [6.07, 6.45) is 1.51. The van der Waals surface area contributed by atoms with Gasteiger partial charge < -0.3 is 15.0 Å². The second-order valence-electron chi connectivity index (χ2n) is 3.13. The van der Waals surface area contributed by atoms with Crippen LogP contribution in [-0.4, -0.2) is 51.7 Å². The summed E-state index contributed by atoms with van der Waals surface area (Å²) in [5.41, 5.74) is 0. The third-order valence-corrected chi connectivity index (χ3v) is 1.73. The largest absolute Gasteiger partial charge is 0.383 e. The molecule has 0 aromatic carbocycles. The molecule has 0 unspecified atom stereocenters. The van der Waals surface area contributed by atoms with Crippen LogP contribution in [0.1, 0.15) is 12.8 Å². The molecule has 0 fully saturated rings. The molecule has 0 aromatic rings. The number of carbonyl (C=O) groups excluding carboxylic acids is 1. The van der Waals surface area contributed by atoms with Crippen LogP contribution in [0.4, 0.5) is 0 Å². The van der Waals surface area contributed by atoms with Crippen LogP contribution in [-0.2, 0) is 9.53 Å². The van der Waals surface area contributed by atoms with Gasteiger partial charge in [0, 0.05) is 34.2 Å². The van der Waals surface area contributed by atoms with Gasteiger partial charge in [0.2, 0.25) is 5.91 Å².